The molecule has 0 fully saturated rings. The van der Waals surface area contributed by atoms with E-state index in [0.29, 0.717) is 0 Å². The molecule has 7 nitrogen and oxygen atoms in total. The second-order valence-corrected chi connectivity index (χ2v) is 4.14. The van der Waals surface area contributed by atoms with Gasteiger partial charge in [0.1, 0.15) is 5.02 Å². The molecule has 1 aromatic rings. The molecule has 0 aliphatic heterocycles. The molecule has 0 heterocycles. The zero-order valence-corrected chi connectivity index (χ0v) is 11.5. The largest absolute Gasteiger partial charge is 0.466 e. The van der Waals surface area contributed by atoms with Crippen molar-refractivity contribution in [3.63, 3.8) is 0 Å². The van der Waals surface area contributed by atoms with Gasteiger partial charge in [0.25, 0.3) is 11.6 Å². The summed E-state index contributed by atoms with van der Waals surface area (Å²) < 4.78 is 4.70. The third-order valence-electron chi connectivity index (χ3n) is 2.33. The SMILES string of the molecule is CCOC(=O)CCNC(=O)c1ccc([N+](=O)[O-])c(Cl)c1. The zero-order valence-electron chi connectivity index (χ0n) is 10.7. The number of hydrogen-bond acceptors (Lipinski definition) is 5. The van der Waals surface area contributed by atoms with Crippen LogP contribution in [0.25, 0.3) is 0 Å². The van der Waals surface area contributed by atoms with Crippen molar-refractivity contribution >= 4 is 29.2 Å². The number of nitrogens with zero attached hydrogens (tertiary/aromatic N) is 1. The number of nitrogens with one attached hydrogen (secondary N) is 1. The second-order valence-electron chi connectivity index (χ2n) is 3.73. The maximum atomic E-state index is 11.7. The van der Waals surface area contributed by atoms with Crippen molar-refractivity contribution in [3.8, 4) is 0 Å². The van der Waals surface area contributed by atoms with E-state index in [9.17, 15) is 19.7 Å². The van der Waals surface area contributed by atoms with Crippen molar-refractivity contribution in [2.24, 2.45) is 0 Å². The highest BCUT2D eigenvalue weighted by molar-refractivity contribution is 6.33. The molecule has 0 radical (unpaired) electrons. The summed E-state index contributed by atoms with van der Waals surface area (Å²) in [4.78, 5) is 32.7. The number of nitro groups is 1. The van der Waals surface area contributed by atoms with Crippen molar-refractivity contribution in [1.29, 1.82) is 0 Å². The highest BCUT2D eigenvalue weighted by Crippen LogP contribution is 2.24. The first-order valence-electron chi connectivity index (χ1n) is 5.83. The number of carbonyl (C=O) groups excluding carboxylic acids is 2. The Bertz CT molecular complexity index is 533. The minimum Gasteiger partial charge on any atom is -0.466 e. The number of hydrogen-bond donors (Lipinski definition) is 1. The van der Waals surface area contributed by atoms with Gasteiger partial charge >= 0.3 is 5.97 Å². The Morgan fingerprint density at radius 3 is 2.70 bits per heavy atom. The van der Waals surface area contributed by atoms with Crippen molar-refractivity contribution in [1.82, 2.24) is 5.32 Å². The van der Waals surface area contributed by atoms with Crippen LogP contribution in [0, 0.1) is 10.1 Å². The molecular weight excluding hydrogens is 288 g/mol. The number of benzene rings is 1. The predicted molar refractivity (Wildman–Crippen MR) is 71.7 cm³/mol. The fourth-order valence-corrected chi connectivity index (χ4v) is 1.66. The normalized spacial score (nSPS) is 9.90. The number of halogens is 1. The summed E-state index contributed by atoms with van der Waals surface area (Å²) in [5.41, 5.74) is -0.0841. The molecule has 0 aliphatic rings. The topological polar surface area (TPSA) is 98.5 Å². The van der Waals surface area contributed by atoms with Crippen LogP contribution < -0.4 is 5.32 Å². The van der Waals surface area contributed by atoms with Crippen LogP contribution in [-0.2, 0) is 9.53 Å². The average molecular weight is 301 g/mol. The highest BCUT2D eigenvalue weighted by Gasteiger charge is 2.15. The quantitative estimate of drug-likeness (QED) is 0.491. The molecule has 1 N–H and O–H groups in total. The van der Waals surface area contributed by atoms with Crippen LogP contribution in [0.15, 0.2) is 18.2 Å². The van der Waals surface area contributed by atoms with Crippen LogP contribution in [0.5, 0.6) is 0 Å². The standard InChI is InChI=1S/C12H13ClN2O5/c1-2-20-11(16)5-6-14-12(17)8-3-4-10(15(18)19)9(13)7-8/h3-4,7H,2,5-6H2,1H3,(H,14,17). The van der Waals surface area contributed by atoms with E-state index in [1.807, 2.05) is 0 Å². The number of amides is 1. The third-order valence-corrected chi connectivity index (χ3v) is 2.63. The number of carbonyl (C=O) groups is 2. The third kappa shape index (κ3) is 4.51. The van der Waals surface area contributed by atoms with Gasteiger partial charge < -0.3 is 10.1 Å². The van der Waals surface area contributed by atoms with Crippen LogP contribution >= 0.6 is 11.6 Å². The Morgan fingerprint density at radius 1 is 1.45 bits per heavy atom. The number of nitro benzene ring substituents is 1. The van der Waals surface area contributed by atoms with E-state index < -0.39 is 16.8 Å². The smallest absolute Gasteiger partial charge is 0.307 e. The van der Waals surface area contributed by atoms with Gasteiger partial charge in [0.2, 0.25) is 0 Å². The average Bonchev–Trinajstić information content (AvgIpc) is 2.38. The minimum absolute atomic E-state index is 0.0558. The molecule has 0 saturated carbocycles. The maximum Gasteiger partial charge on any atom is 0.307 e. The van der Waals surface area contributed by atoms with Gasteiger partial charge in [-0.15, -0.1) is 0 Å². The molecular formula is C12H13ClN2O5. The lowest BCUT2D eigenvalue weighted by atomic mass is 10.2. The monoisotopic (exact) mass is 300 g/mol. The van der Waals surface area contributed by atoms with Gasteiger partial charge in [-0.3, -0.25) is 19.7 Å². The first-order chi connectivity index (χ1) is 9.45. The van der Waals surface area contributed by atoms with E-state index >= 15 is 0 Å². The molecule has 0 bridgehead atoms. The van der Waals surface area contributed by atoms with Gasteiger partial charge in [0.15, 0.2) is 0 Å². The summed E-state index contributed by atoms with van der Waals surface area (Å²) in [6.45, 7) is 2.09. The number of ether oxygens (including phenoxy) is 1. The lowest BCUT2D eigenvalue weighted by molar-refractivity contribution is -0.384. The van der Waals surface area contributed by atoms with E-state index in [4.69, 9.17) is 16.3 Å². The van der Waals surface area contributed by atoms with E-state index in [1.165, 1.54) is 12.1 Å². The van der Waals surface area contributed by atoms with Crippen LogP contribution in [0.3, 0.4) is 0 Å². The fraction of sp³-hybridized carbons (Fsp3) is 0.333. The molecule has 0 spiro atoms. The van der Waals surface area contributed by atoms with Gasteiger partial charge in [0.05, 0.1) is 18.0 Å². The highest BCUT2D eigenvalue weighted by atomic mass is 35.5. The van der Waals surface area contributed by atoms with Crippen LogP contribution in [0.1, 0.15) is 23.7 Å². The van der Waals surface area contributed by atoms with E-state index in [2.05, 4.69) is 5.32 Å². The van der Waals surface area contributed by atoms with Crippen molar-refractivity contribution < 1.29 is 19.2 Å². The molecule has 1 rings (SSSR count). The molecule has 1 amide bonds. The molecule has 0 aromatic heterocycles. The van der Waals surface area contributed by atoms with Gasteiger partial charge in [-0.2, -0.15) is 0 Å². The molecule has 0 unspecified atom stereocenters. The van der Waals surface area contributed by atoms with Crippen LogP contribution in [-0.4, -0.2) is 30.0 Å². The molecule has 20 heavy (non-hydrogen) atoms. The summed E-state index contributed by atoms with van der Waals surface area (Å²) >= 11 is 5.70. The van der Waals surface area contributed by atoms with Crippen LogP contribution in [0.2, 0.25) is 5.02 Å². The van der Waals surface area contributed by atoms with Crippen LogP contribution in [0.4, 0.5) is 5.69 Å². The van der Waals surface area contributed by atoms with Gasteiger partial charge in [-0.1, -0.05) is 11.6 Å². The molecule has 1 aromatic carbocycles. The predicted octanol–water partition coefficient (Wildman–Crippen LogP) is 1.93. The summed E-state index contributed by atoms with van der Waals surface area (Å²) in [6.07, 6.45) is 0.0558. The Balaban J connectivity index is 2.58. The van der Waals surface area contributed by atoms with Crippen molar-refractivity contribution in [2.75, 3.05) is 13.2 Å². The molecule has 0 saturated heterocycles. The number of esters is 1. The Morgan fingerprint density at radius 2 is 2.15 bits per heavy atom. The minimum atomic E-state index is -0.634. The van der Waals surface area contributed by atoms with E-state index in [-0.39, 0.29) is 35.8 Å². The van der Waals surface area contributed by atoms with E-state index in [1.54, 1.807) is 6.92 Å². The number of rotatable bonds is 6. The molecule has 8 heteroatoms. The lowest BCUT2D eigenvalue weighted by Crippen LogP contribution is -2.26. The van der Waals surface area contributed by atoms with Crippen molar-refractivity contribution in [3.05, 3.63) is 38.9 Å². The zero-order chi connectivity index (χ0) is 15.1. The Labute approximate surface area is 120 Å². The second kappa shape index (κ2) is 7.44. The van der Waals surface area contributed by atoms with Gasteiger partial charge in [-0.05, 0) is 19.1 Å². The summed E-state index contributed by atoms with van der Waals surface area (Å²) in [7, 11) is 0. The maximum absolute atomic E-state index is 11.7. The van der Waals surface area contributed by atoms with Gasteiger partial charge in [-0.25, -0.2) is 0 Å². The molecule has 0 atom stereocenters. The molecule has 0 aliphatic carbocycles. The van der Waals surface area contributed by atoms with Gasteiger partial charge in [0, 0.05) is 18.2 Å². The first-order valence-corrected chi connectivity index (χ1v) is 6.21. The summed E-state index contributed by atoms with van der Waals surface area (Å²) in [6, 6.07) is 3.66. The first kappa shape index (κ1) is 15.9. The Kier molecular flexibility index (Phi) is 5.92. The fourth-order valence-electron chi connectivity index (χ4n) is 1.41. The Hall–Kier alpha value is -2.15. The lowest BCUT2D eigenvalue weighted by Gasteiger charge is -2.05. The van der Waals surface area contributed by atoms with E-state index in [0.717, 1.165) is 6.07 Å². The summed E-state index contributed by atoms with van der Waals surface area (Å²) in [5.74, 6) is -0.874. The van der Waals surface area contributed by atoms with Crippen molar-refractivity contribution in [2.45, 2.75) is 13.3 Å². The summed E-state index contributed by atoms with van der Waals surface area (Å²) in [5, 5.41) is 13.0. The molecule has 108 valence electrons.